The molecule has 0 bridgehead atoms. The minimum Gasteiger partial charge on any atom is -0.493 e. The van der Waals surface area contributed by atoms with Crippen molar-refractivity contribution < 1.29 is 9.13 Å². The molecule has 0 atom stereocenters. The van der Waals surface area contributed by atoms with Crippen molar-refractivity contribution in [2.75, 3.05) is 40.3 Å². The summed E-state index contributed by atoms with van der Waals surface area (Å²) in [5.41, 5.74) is 10.2. The number of halogens is 1. The zero-order valence-corrected chi connectivity index (χ0v) is 22.6. The molecular weight excluding hydrogens is 447 g/mol. The summed E-state index contributed by atoms with van der Waals surface area (Å²) in [6.45, 7) is 10.9. The van der Waals surface area contributed by atoms with Gasteiger partial charge in [0.15, 0.2) is 0 Å². The van der Waals surface area contributed by atoms with Crippen LogP contribution in [0.25, 0.3) is 22.3 Å². The van der Waals surface area contributed by atoms with Crippen molar-refractivity contribution in [2.24, 2.45) is 0 Å². The summed E-state index contributed by atoms with van der Waals surface area (Å²) >= 11 is 0. The Morgan fingerprint density at radius 2 is 1.56 bits per heavy atom. The van der Waals surface area contributed by atoms with Gasteiger partial charge in [0.25, 0.3) is 0 Å². The van der Waals surface area contributed by atoms with E-state index in [0.29, 0.717) is 19.4 Å². The van der Waals surface area contributed by atoms with Crippen LogP contribution < -0.4 is 4.74 Å². The van der Waals surface area contributed by atoms with Crippen LogP contribution >= 0.6 is 0 Å². The minimum absolute atomic E-state index is 0.615. The number of ether oxygens (including phenoxy) is 1. The van der Waals surface area contributed by atoms with Crippen molar-refractivity contribution in [1.29, 1.82) is 0 Å². The number of piperidine rings is 1. The first kappa shape index (κ1) is 26.4. The minimum atomic E-state index is -0.615. The first-order valence-corrected chi connectivity index (χ1v) is 13.3. The predicted molar refractivity (Wildman–Crippen MR) is 150 cm³/mol. The van der Waals surface area contributed by atoms with E-state index < -0.39 is 6.17 Å². The molecule has 4 heteroatoms. The Labute approximate surface area is 216 Å². The maximum Gasteiger partial charge on any atom is 0.122 e. The summed E-state index contributed by atoms with van der Waals surface area (Å²) in [5.74, 6) is 0.948. The third kappa shape index (κ3) is 6.35. The molecule has 0 radical (unpaired) electrons. The Balaban J connectivity index is 1.48. The molecule has 192 valence electrons. The smallest absolute Gasteiger partial charge is 0.122 e. The molecule has 0 N–H and O–H groups in total. The zero-order chi connectivity index (χ0) is 25.7. The maximum absolute atomic E-state index is 13.4. The molecule has 36 heavy (non-hydrogen) atoms. The molecule has 4 rings (SSSR count). The van der Waals surface area contributed by atoms with Gasteiger partial charge in [0.1, 0.15) is 11.9 Å². The molecule has 0 aromatic heterocycles. The van der Waals surface area contributed by atoms with Crippen LogP contribution in [0.15, 0.2) is 54.6 Å². The van der Waals surface area contributed by atoms with Crippen LogP contribution in [0.5, 0.6) is 5.75 Å². The highest BCUT2D eigenvalue weighted by Crippen LogP contribution is 2.36. The number of hydrogen-bond donors (Lipinski definition) is 0. The third-order valence-corrected chi connectivity index (χ3v) is 7.44. The number of rotatable bonds is 9. The van der Waals surface area contributed by atoms with Gasteiger partial charge in [-0.25, -0.2) is 4.39 Å². The van der Waals surface area contributed by atoms with Gasteiger partial charge in [-0.15, -0.1) is 0 Å². The number of benzene rings is 3. The summed E-state index contributed by atoms with van der Waals surface area (Å²) in [5, 5.41) is 0. The summed E-state index contributed by atoms with van der Waals surface area (Å²) in [7, 11) is 4.22. The fraction of sp³-hybridized carbons (Fsp3) is 0.438. The number of aryl methyl sites for hydroxylation is 1. The molecule has 3 aromatic rings. The summed E-state index contributed by atoms with van der Waals surface area (Å²) in [6.07, 6.45) is 1.68. The second kappa shape index (κ2) is 12.0. The van der Waals surface area contributed by atoms with Crippen molar-refractivity contribution in [3.05, 3.63) is 76.9 Å². The Kier molecular flexibility index (Phi) is 8.81. The Hall–Kier alpha value is -2.69. The number of likely N-dealkylation sites (tertiary alicyclic amines) is 1. The Morgan fingerprint density at radius 1 is 0.889 bits per heavy atom. The fourth-order valence-corrected chi connectivity index (χ4v) is 5.28. The second-order valence-corrected chi connectivity index (χ2v) is 10.5. The molecule has 1 heterocycles. The highest BCUT2D eigenvalue weighted by Gasteiger charge is 2.18. The van der Waals surface area contributed by atoms with Crippen LogP contribution in [-0.2, 0) is 6.54 Å². The van der Waals surface area contributed by atoms with E-state index in [1.54, 1.807) is 0 Å². The van der Waals surface area contributed by atoms with Gasteiger partial charge >= 0.3 is 0 Å². The van der Waals surface area contributed by atoms with E-state index in [-0.39, 0.29) is 0 Å². The molecular formula is C32H41FN2O. The van der Waals surface area contributed by atoms with Gasteiger partial charge in [0, 0.05) is 26.2 Å². The molecule has 3 nitrogen and oxygen atoms in total. The topological polar surface area (TPSA) is 15.7 Å². The molecule has 3 aromatic carbocycles. The van der Waals surface area contributed by atoms with Crippen molar-refractivity contribution in [3.8, 4) is 28.0 Å². The van der Waals surface area contributed by atoms with Gasteiger partial charge in [-0.1, -0.05) is 48.5 Å². The molecule has 0 amide bonds. The van der Waals surface area contributed by atoms with E-state index in [1.165, 1.54) is 44.5 Å². The first-order valence-electron chi connectivity index (χ1n) is 13.3. The standard InChI is InChI=1S/C32H41FN2O/c1-23-21-26(13-14-27(23)22-34(4)5)29-9-6-10-30(24(29)2)31-11-7-12-32(25(31)3)36-20-8-17-35-18-15-28(33)16-19-35/h6-7,9-14,21,28H,8,15-20,22H2,1-5H3. The maximum atomic E-state index is 13.4. The van der Waals surface area contributed by atoms with E-state index in [9.17, 15) is 4.39 Å². The van der Waals surface area contributed by atoms with Gasteiger partial charge in [0.2, 0.25) is 0 Å². The van der Waals surface area contributed by atoms with Gasteiger partial charge in [-0.3, -0.25) is 0 Å². The normalized spacial score (nSPS) is 15.0. The largest absolute Gasteiger partial charge is 0.493 e. The SMILES string of the molecule is Cc1cc(-c2cccc(-c3cccc(OCCCN4CCC(F)CC4)c3C)c2C)ccc1CN(C)C. The summed E-state index contributed by atoms with van der Waals surface area (Å²) in [6, 6.07) is 19.8. The fourth-order valence-electron chi connectivity index (χ4n) is 5.28. The van der Waals surface area contributed by atoms with Crippen LogP contribution in [0, 0.1) is 20.8 Å². The van der Waals surface area contributed by atoms with E-state index in [2.05, 4.69) is 99.3 Å². The lowest BCUT2D eigenvalue weighted by molar-refractivity contribution is 0.143. The highest BCUT2D eigenvalue weighted by atomic mass is 19.1. The lowest BCUT2D eigenvalue weighted by Gasteiger charge is -2.28. The monoisotopic (exact) mass is 488 g/mol. The molecule has 1 aliphatic heterocycles. The lowest BCUT2D eigenvalue weighted by atomic mass is 9.90. The molecule has 1 aliphatic rings. The average molecular weight is 489 g/mol. The number of alkyl halides is 1. The molecule has 1 fully saturated rings. The van der Waals surface area contributed by atoms with Crippen molar-refractivity contribution in [2.45, 2.75) is 52.8 Å². The molecule has 0 unspecified atom stereocenters. The van der Waals surface area contributed by atoms with Crippen LogP contribution in [0.1, 0.15) is 41.5 Å². The van der Waals surface area contributed by atoms with Crippen molar-refractivity contribution >= 4 is 0 Å². The van der Waals surface area contributed by atoms with Crippen molar-refractivity contribution in [1.82, 2.24) is 9.80 Å². The molecule has 1 saturated heterocycles. The second-order valence-electron chi connectivity index (χ2n) is 10.5. The molecule has 0 aliphatic carbocycles. The molecule has 0 saturated carbocycles. The summed E-state index contributed by atoms with van der Waals surface area (Å²) < 4.78 is 19.6. The van der Waals surface area contributed by atoms with Gasteiger partial charge in [0.05, 0.1) is 6.61 Å². The van der Waals surface area contributed by atoms with Gasteiger partial charge in [-0.2, -0.15) is 0 Å². The van der Waals surface area contributed by atoms with Crippen LogP contribution in [0.3, 0.4) is 0 Å². The predicted octanol–water partition coefficient (Wildman–Crippen LogP) is 7.21. The zero-order valence-electron chi connectivity index (χ0n) is 22.6. The van der Waals surface area contributed by atoms with Crippen molar-refractivity contribution in [3.63, 3.8) is 0 Å². The number of nitrogens with zero attached hydrogens (tertiary/aromatic N) is 2. The van der Waals surface area contributed by atoms with E-state index >= 15 is 0 Å². The quantitative estimate of drug-likeness (QED) is 0.296. The van der Waals surface area contributed by atoms with Crippen LogP contribution in [-0.4, -0.2) is 56.3 Å². The highest BCUT2D eigenvalue weighted by molar-refractivity contribution is 5.80. The number of hydrogen-bond acceptors (Lipinski definition) is 3. The van der Waals surface area contributed by atoms with Gasteiger partial charge < -0.3 is 14.5 Å². The Morgan fingerprint density at radius 3 is 2.25 bits per heavy atom. The Bertz CT molecular complexity index is 1160. The van der Waals surface area contributed by atoms with E-state index in [4.69, 9.17) is 4.74 Å². The average Bonchev–Trinajstić information content (AvgIpc) is 2.85. The van der Waals surface area contributed by atoms with Crippen LogP contribution in [0.4, 0.5) is 4.39 Å². The third-order valence-electron chi connectivity index (χ3n) is 7.44. The first-order chi connectivity index (χ1) is 17.3. The van der Waals surface area contributed by atoms with E-state index in [0.717, 1.165) is 38.3 Å². The summed E-state index contributed by atoms with van der Waals surface area (Å²) in [4.78, 5) is 4.56. The van der Waals surface area contributed by atoms with E-state index in [1.807, 2.05) is 0 Å². The van der Waals surface area contributed by atoms with Gasteiger partial charge in [-0.05, 0) is 105 Å². The molecule has 0 spiro atoms. The lowest BCUT2D eigenvalue weighted by Crippen LogP contribution is -2.35. The van der Waals surface area contributed by atoms with Crippen LogP contribution in [0.2, 0.25) is 0 Å².